The van der Waals surface area contributed by atoms with Crippen LogP contribution in [0.1, 0.15) is 55.3 Å². The van der Waals surface area contributed by atoms with Gasteiger partial charge >= 0.3 is 0 Å². The zero-order chi connectivity index (χ0) is 23.6. The van der Waals surface area contributed by atoms with Crippen molar-refractivity contribution in [2.24, 2.45) is 0 Å². The largest absolute Gasteiger partial charge is 0.494 e. The Morgan fingerprint density at radius 3 is 2.27 bits per heavy atom. The summed E-state index contributed by atoms with van der Waals surface area (Å²) in [5, 5.41) is 11.9. The number of ether oxygens (including phenoxy) is 1. The molecule has 0 radical (unpaired) electrons. The molecule has 1 unspecified atom stereocenters. The summed E-state index contributed by atoms with van der Waals surface area (Å²) in [7, 11) is 0. The second-order valence-corrected chi connectivity index (χ2v) is 10.7. The topological polar surface area (TPSA) is 35.0 Å². The molecule has 0 saturated heterocycles. The molecule has 0 N–H and O–H groups in total. The van der Waals surface area contributed by atoms with Gasteiger partial charge in [0.1, 0.15) is 15.8 Å². The number of halogens is 2. The fourth-order valence-electron chi connectivity index (χ4n) is 3.70. The maximum absolute atomic E-state index is 6.39. The van der Waals surface area contributed by atoms with Gasteiger partial charge in [0.15, 0.2) is 0 Å². The van der Waals surface area contributed by atoms with Gasteiger partial charge in [0.05, 0.1) is 22.6 Å². The lowest BCUT2D eigenvalue weighted by Gasteiger charge is -2.21. The lowest BCUT2D eigenvalue weighted by Crippen LogP contribution is -2.11. The monoisotopic (exact) mass is 496 g/mol. The molecule has 1 atom stereocenters. The van der Waals surface area contributed by atoms with E-state index in [4.69, 9.17) is 27.9 Å². The van der Waals surface area contributed by atoms with Crippen molar-refractivity contribution in [3.05, 3.63) is 98.5 Å². The quantitative estimate of drug-likeness (QED) is 0.268. The lowest BCUT2D eigenvalue weighted by molar-refractivity contribution is 0.340. The van der Waals surface area contributed by atoms with Crippen LogP contribution in [-0.4, -0.2) is 16.8 Å². The molecule has 0 aliphatic carbocycles. The average molecular weight is 497 g/mol. The Kier molecular flexibility index (Phi) is 7.08. The molecule has 0 amide bonds. The van der Waals surface area contributed by atoms with Crippen LogP contribution in [0.3, 0.4) is 0 Å². The highest BCUT2D eigenvalue weighted by Crippen LogP contribution is 2.39. The van der Waals surface area contributed by atoms with Gasteiger partial charge in [0, 0.05) is 5.56 Å². The highest BCUT2D eigenvalue weighted by molar-refractivity contribution is 7.14. The molecule has 1 heterocycles. The zero-order valence-corrected chi connectivity index (χ0v) is 21.4. The van der Waals surface area contributed by atoms with Crippen LogP contribution in [0.4, 0.5) is 0 Å². The molecule has 3 aromatic carbocycles. The van der Waals surface area contributed by atoms with Gasteiger partial charge in [-0.1, -0.05) is 97.8 Å². The third-order valence-electron chi connectivity index (χ3n) is 5.47. The van der Waals surface area contributed by atoms with Crippen molar-refractivity contribution in [2.75, 3.05) is 6.61 Å². The second kappa shape index (κ2) is 9.84. The van der Waals surface area contributed by atoms with E-state index in [0.717, 1.165) is 32.5 Å². The number of hydrogen-bond acceptors (Lipinski definition) is 4. The molecule has 0 bridgehead atoms. The molecule has 3 nitrogen and oxygen atoms in total. The maximum atomic E-state index is 6.39. The minimum atomic E-state index is -0.102. The molecule has 170 valence electrons. The smallest absolute Gasteiger partial charge is 0.147 e. The molecule has 0 aliphatic heterocycles. The van der Waals surface area contributed by atoms with Crippen LogP contribution < -0.4 is 4.74 Å². The van der Waals surface area contributed by atoms with E-state index in [2.05, 4.69) is 55.2 Å². The van der Waals surface area contributed by atoms with Crippen molar-refractivity contribution in [1.29, 1.82) is 0 Å². The third kappa shape index (κ3) is 5.40. The van der Waals surface area contributed by atoms with E-state index in [0.29, 0.717) is 16.7 Å². The number of aromatic nitrogens is 2. The van der Waals surface area contributed by atoms with E-state index < -0.39 is 0 Å². The third-order valence-corrected chi connectivity index (χ3v) is 7.24. The first kappa shape index (κ1) is 23.7. The molecule has 1 aromatic heterocycles. The standard InChI is InChI=1S/C27H26Cl2N2OS/c1-5-32-21-8-6-7-19(15-21)25-30-31-26(33-25)24(18-11-14-22(28)23(29)16-18)17-9-12-20(13-10-17)27(2,3)4/h6-16,24H,5H2,1-4H3. The molecule has 0 fully saturated rings. The van der Waals surface area contributed by atoms with E-state index >= 15 is 0 Å². The van der Waals surface area contributed by atoms with Gasteiger partial charge in [-0.2, -0.15) is 0 Å². The highest BCUT2D eigenvalue weighted by atomic mass is 35.5. The summed E-state index contributed by atoms with van der Waals surface area (Å²) in [5.41, 5.74) is 4.51. The molecule has 4 rings (SSSR count). The molecule has 6 heteroatoms. The zero-order valence-electron chi connectivity index (χ0n) is 19.1. The summed E-state index contributed by atoms with van der Waals surface area (Å²) < 4.78 is 5.65. The van der Waals surface area contributed by atoms with E-state index in [1.165, 1.54) is 5.56 Å². The van der Waals surface area contributed by atoms with Gasteiger partial charge in [-0.3, -0.25) is 0 Å². The summed E-state index contributed by atoms with van der Waals surface area (Å²) in [5.74, 6) is 0.723. The lowest BCUT2D eigenvalue weighted by atomic mass is 9.84. The fraction of sp³-hybridized carbons (Fsp3) is 0.259. The normalized spacial score (nSPS) is 12.5. The van der Waals surface area contributed by atoms with Crippen LogP contribution in [0, 0.1) is 0 Å². The van der Waals surface area contributed by atoms with Crippen LogP contribution in [0.15, 0.2) is 66.7 Å². The van der Waals surface area contributed by atoms with Gasteiger partial charge < -0.3 is 4.74 Å². The SMILES string of the molecule is CCOc1cccc(-c2nnc(C(c3ccc(C(C)(C)C)cc3)c3ccc(Cl)c(Cl)c3)s2)c1. The summed E-state index contributed by atoms with van der Waals surface area (Å²) in [6.07, 6.45) is 0. The van der Waals surface area contributed by atoms with Crippen LogP contribution in [-0.2, 0) is 5.41 Å². The van der Waals surface area contributed by atoms with Crippen molar-refractivity contribution < 1.29 is 4.74 Å². The van der Waals surface area contributed by atoms with Crippen LogP contribution in [0.5, 0.6) is 5.75 Å². The van der Waals surface area contributed by atoms with Crippen molar-refractivity contribution in [3.8, 4) is 16.3 Å². The van der Waals surface area contributed by atoms with E-state index in [1.54, 1.807) is 11.3 Å². The van der Waals surface area contributed by atoms with Crippen molar-refractivity contribution in [1.82, 2.24) is 10.2 Å². The molecular formula is C27H26Cl2N2OS. The number of hydrogen-bond donors (Lipinski definition) is 0. The summed E-state index contributed by atoms with van der Waals surface area (Å²) in [6, 6.07) is 22.4. The molecular weight excluding hydrogens is 471 g/mol. The average Bonchev–Trinajstić information content (AvgIpc) is 3.26. The van der Waals surface area contributed by atoms with Crippen molar-refractivity contribution in [2.45, 2.75) is 39.0 Å². The molecule has 0 spiro atoms. The van der Waals surface area contributed by atoms with Crippen LogP contribution >= 0.6 is 34.5 Å². The Morgan fingerprint density at radius 1 is 0.879 bits per heavy atom. The predicted octanol–water partition coefficient (Wildman–Crippen LogP) is 8.39. The van der Waals surface area contributed by atoms with Gasteiger partial charge in [-0.15, -0.1) is 10.2 Å². The van der Waals surface area contributed by atoms with E-state index in [1.807, 2.05) is 49.4 Å². The van der Waals surface area contributed by atoms with Gasteiger partial charge in [0.25, 0.3) is 0 Å². The molecule has 33 heavy (non-hydrogen) atoms. The maximum Gasteiger partial charge on any atom is 0.147 e. The van der Waals surface area contributed by atoms with Gasteiger partial charge in [-0.05, 0) is 53.3 Å². The highest BCUT2D eigenvalue weighted by Gasteiger charge is 2.24. The van der Waals surface area contributed by atoms with Crippen LogP contribution in [0.25, 0.3) is 10.6 Å². The molecule has 0 aliphatic rings. The van der Waals surface area contributed by atoms with Crippen molar-refractivity contribution >= 4 is 34.5 Å². The van der Waals surface area contributed by atoms with E-state index in [9.17, 15) is 0 Å². The Labute approximate surface area is 209 Å². The fourth-order valence-corrected chi connectivity index (χ4v) is 5.00. The Balaban J connectivity index is 1.77. The summed E-state index contributed by atoms with van der Waals surface area (Å²) in [6.45, 7) is 9.24. The first-order valence-corrected chi connectivity index (χ1v) is 12.5. The minimum absolute atomic E-state index is 0.0824. The minimum Gasteiger partial charge on any atom is -0.494 e. The van der Waals surface area contributed by atoms with Crippen LogP contribution in [0.2, 0.25) is 10.0 Å². The number of benzene rings is 3. The second-order valence-electron chi connectivity index (χ2n) is 8.88. The summed E-state index contributed by atoms with van der Waals surface area (Å²) in [4.78, 5) is 0. The Bertz CT molecular complexity index is 1250. The van der Waals surface area contributed by atoms with Gasteiger partial charge in [-0.25, -0.2) is 0 Å². The molecule has 4 aromatic rings. The summed E-state index contributed by atoms with van der Waals surface area (Å²) >= 11 is 14.2. The number of nitrogens with zero attached hydrogens (tertiary/aromatic N) is 2. The predicted molar refractivity (Wildman–Crippen MR) is 139 cm³/mol. The first-order chi connectivity index (χ1) is 15.8. The van der Waals surface area contributed by atoms with Gasteiger partial charge in [0.2, 0.25) is 0 Å². The molecule has 0 saturated carbocycles. The first-order valence-electron chi connectivity index (χ1n) is 10.9. The number of rotatable bonds is 6. The Hall–Kier alpha value is -2.40. The van der Waals surface area contributed by atoms with E-state index in [-0.39, 0.29) is 11.3 Å². The van der Waals surface area contributed by atoms with Crippen molar-refractivity contribution in [3.63, 3.8) is 0 Å². The Morgan fingerprint density at radius 2 is 1.61 bits per heavy atom.